The Morgan fingerprint density at radius 1 is 0.402 bits per heavy atom. The summed E-state index contributed by atoms with van der Waals surface area (Å²) in [5.41, 5.74) is 5.82. The zero-order valence-electron chi connectivity index (χ0n) is 42.4. The third-order valence-electron chi connectivity index (χ3n) is 12.2. The molecule has 25 atom stereocenters. The molecule has 0 aromatic rings. The Bertz CT molecular complexity index is 3210. The summed E-state index contributed by atoms with van der Waals surface area (Å²) in [5.74, 6) is -4.73. The maximum atomic E-state index is 13.0. The number of carboxylic acids is 2. The van der Waals surface area contributed by atoms with E-state index < -0.39 is 258 Å². The molecule has 5 fully saturated rings. The first kappa shape index (κ1) is 75.1. The number of carbonyl (C=O) groups is 2. The number of hydrogen-bond donors (Lipinski definition) is 18. The van der Waals surface area contributed by atoms with Crippen molar-refractivity contribution in [3.8, 4) is 0 Å². The van der Waals surface area contributed by atoms with E-state index in [-0.39, 0.29) is 0 Å². The van der Waals surface area contributed by atoms with E-state index in [1.165, 1.54) is 4.72 Å². The van der Waals surface area contributed by atoms with Crippen molar-refractivity contribution in [3.63, 3.8) is 0 Å². The number of nitrogens with two attached hydrogens (primary N) is 1. The van der Waals surface area contributed by atoms with Crippen molar-refractivity contribution in [2.45, 2.75) is 153 Å². The predicted octanol–water partition coefficient (Wildman–Crippen LogP) is -13.2. The summed E-state index contributed by atoms with van der Waals surface area (Å²) in [4.78, 5) is 25.7. The highest BCUT2D eigenvalue weighted by molar-refractivity contribution is 7.84. The van der Waals surface area contributed by atoms with Gasteiger partial charge in [0.15, 0.2) is 49.8 Å². The van der Waals surface area contributed by atoms with Gasteiger partial charge in [-0.2, -0.15) is 68.4 Å². The van der Waals surface area contributed by atoms with Crippen LogP contribution in [0.3, 0.4) is 0 Å². The Morgan fingerprint density at radius 3 is 1.25 bits per heavy atom. The van der Waals surface area contributed by atoms with Crippen LogP contribution in [0.2, 0.25) is 0 Å². The van der Waals surface area contributed by atoms with Gasteiger partial charge in [-0.05, 0) is 0 Å². The molecule has 87 heavy (non-hydrogen) atoms. The molecular formula is C31H53N3O46S7. The van der Waals surface area contributed by atoms with Gasteiger partial charge in [0.25, 0.3) is 0 Å². The Morgan fingerprint density at radius 2 is 0.793 bits per heavy atom. The Kier molecular flexibility index (Phi) is 24.8. The third-order valence-corrected chi connectivity index (χ3v) is 15.6. The maximum Gasteiger partial charge on any atom is 0.397 e. The second-order valence-electron chi connectivity index (χ2n) is 18.2. The first-order valence-electron chi connectivity index (χ1n) is 22.9. The van der Waals surface area contributed by atoms with Crippen LogP contribution in [0.5, 0.6) is 0 Å². The fourth-order valence-electron chi connectivity index (χ4n) is 8.71. The van der Waals surface area contributed by atoms with E-state index >= 15 is 0 Å². The number of aliphatic hydroxyl groups is 6. The van der Waals surface area contributed by atoms with Crippen LogP contribution in [0, 0.1) is 0 Å². The first-order valence-corrected chi connectivity index (χ1v) is 32.6. The van der Waals surface area contributed by atoms with Crippen molar-refractivity contribution in [3.05, 3.63) is 0 Å². The fourth-order valence-corrected chi connectivity index (χ4v) is 11.8. The lowest BCUT2D eigenvalue weighted by atomic mass is 9.94. The monoisotopic (exact) mass is 1430 g/mol. The summed E-state index contributed by atoms with van der Waals surface area (Å²) in [6.45, 7) is -4.78. The first-order chi connectivity index (χ1) is 39.5. The summed E-state index contributed by atoms with van der Waals surface area (Å²) >= 11 is 0. The quantitative estimate of drug-likeness (QED) is 0.0324. The Labute approximate surface area is 487 Å². The van der Waals surface area contributed by atoms with Crippen molar-refractivity contribution < 1.29 is 210 Å². The minimum absolute atomic E-state index is 0.750. The number of aliphatic carboxylic acids is 2. The van der Waals surface area contributed by atoms with Gasteiger partial charge in [-0.25, -0.2) is 30.5 Å². The molecule has 0 aromatic heterocycles. The Balaban J connectivity index is 1.58. The summed E-state index contributed by atoms with van der Waals surface area (Å²) < 4.78 is 312. The molecule has 49 nitrogen and oxygen atoms in total. The van der Waals surface area contributed by atoms with Crippen LogP contribution >= 0.6 is 0 Å². The van der Waals surface area contributed by atoms with Crippen molar-refractivity contribution in [2.75, 3.05) is 26.9 Å². The molecule has 56 heteroatoms. The van der Waals surface area contributed by atoms with Gasteiger partial charge in [-0.1, -0.05) is 0 Å². The molecule has 5 saturated heterocycles. The molecule has 5 aliphatic rings. The van der Waals surface area contributed by atoms with Crippen molar-refractivity contribution in [1.82, 2.24) is 9.44 Å². The predicted molar refractivity (Wildman–Crippen MR) is 251 cm³/mol. The zero-order chi connectivity index (χ0) is 66.2. The van der Waals surface area contributed by atoms with Gasteiger partial charge in [0.1, 0.15) is 97.5 Å². The topological polar surface area (TPSA) is 765 Å². The van der Waals surface area contributed by atoms with E-state index in [0.717, 1.165) is 11.8 Å². The molecule has 5 rings (SSSR count). The molecule has 0 radical (unpaired) electrons. The number of rotatable bonds is 28. The number of nitrogens with one attached hydrogen (secondary N) is 2. The summed E-state index contributed by atoms with van der Waals surface area (Å²) in [6, 6.07) is -7.50. The van der Waals surface area contributed by atoms with Gasteiger partial charge < -0.3 is 94.0 Å². The highest BCUT2D eigenvalue weighted by Crippen LogP contribution is 2.38. The summed E-state index contributed by atoms with van der Waals surface area (Å²) in [7, 11) is -39.9. The molecule has 0 spiro atoms. The maximum absolute atomic E-state index is 13.0. The SMILES string of the molecule is CO[C@H]1O[C@H](COS(=O)(=O)O)[C@@H](O[C@@H]2O[C@@H](C(=O)O)[C@@H](O[C@H]3O[C@H](COS(=O)(=O)O)[C@@H](O[C@@H]4O[C@H](C(=O)O)[C@@H](O[C@H]5O[C@H](COS(=O)(=O)O)[C@@H](O)[C@H](O)[C@H]5N)[C@H](O)[C@H]4O)[C@H](OS(=O)(=O)O)[C@H]3NS(=O)(=O)O)[C@H](O)[C@H]2OS(=O)(=O)O)[C@H](O)[C@H]1NS(=O)(=O)O. The molecule has 510 valence electrons. The standard InChI is InChI=1S/C31H53N3O46S7/c1-66-28-9(33-81(45,46)47)13(37)17(6(71-28)3-68-84(54,55)56)73-31-22(80-87(63,64)65)16(40)21(24(78-31)26(43)44)76-29-10(34-82(48,49)50)19(79-86(60,61)62)18(7(72-29)4-69-85(57,58)59)74-30-15(39)14(38)20(23(77-30)25(41)42)75-27-8(32)12(36)11(35)5(70-27)2-67-83(51,52)53/h5-24,27-31,33-40H,2-4,32H2,1H3,(H,41,42)(H,43,44)(H,45,46,47)(H,48,49,50)(H,51,52,53)(H,54,55,56)(H,57,58,59)(H,60,61,62)(H,63,64,65)/t5-,6-,7-,8-,9-,10-,11-,12-,13-,14-,15-,16+,17-,18-,19-,20+,21+,22-,23+,24-,27-,28+,29-,30-,31-/m1/s1. The molecule has 5 heterocycles. The molecular weight excluding hydrogens is 1370 g/mol. The minimum Gasteiger partial charge on any atom is -0.479 e. The van der Waals surface area contributed by atoms with E-state index in [1.54, 1.807) is 0 Å². The van der Waals surface area contributed by atoms with E-state index in [0.29, 0.717) is 0 Å². The average Bonchev–Trinajstić information content (AvgIpc) is 0.861. The summed E-state index contributed by atoms with van der Waals surface area (Å²) in [5, 5.41) is 87.1. The van der Waals surface area contributed by atoms with Crippen LogP contribution in [0.1, 0.15) is 0 Å². The highest BCUT2D eigenvalue weighted by atomic mass is 32.3. The van der Waals surface area contributed by atoms with Gasteiger partial charge in [0.2, 0.25) is 0 Å². The number of aliphatic hydroxyl groups excluding tert-OH is 6. The normalized spacial score (nSPS) is 39.7. The minimum atomic E-state index is -6.29. The number of methoxy groups -OCH3 is 1. The molecule has 0 aliphatic carbocycles. The molecule has 0 unspecified atom stereocenters. The number of carboxylic acid groups (broad SMARTS) is 2. The second-order valence-corrected chi connectivity index (χ2v) is 25.9. The number of ether oxygens (including phenoxy) is 10. The molecule has 0 saturated carbocycles. The van der Waals surface area contributed by atoms with Crippen LogP contribution < -0.4 is 15.2 Å². The van der Waals surface area contributed by atoms with Crippen LogP contribution in [0.15, 0.2) is 0 Å². The fraction of sp³-hybridized carbons (Fsp3) is 0.935. The molecule has 0 aromatic carbocycles. The van der Waals surface area contributed by atoms with Gasteiger partial charge in [-0.15, -0.1) is 0 Å². The van der Waals surface area contributed by atoms with E-state index in [2.05, 4.69) is 20.9 Å². The van der Waals surface area contributed by atoms with Crippen molar-refractivity contribution in [2.24, 2.45) is 5.73 Å². The summed E-state index contributed by atoms with van der Waals surface area (Å²) in [6.07, 6.45) is -60.5. The van der Waals surface area contributed by atoms with E-state index in [9.17, 15) is 137 Å². The third kappa shape index (κ3) is 21.2. The Hall–Kier alpha value is -2.65. The van der Waals surface area contributed by atoms with Crippen LogP contribution in [-0.2, 0) is 150 Å². The molecule has 5 aliphatic heterocycles. The van der Waals surface area contributed by atoms with Crippen molar-refractivity contribution >= 4 is 84.5 Å². The lowest BCUT2D eigenvalue weighted by Gasteiger charge is -2.50. The smallest absolute Gasteiger partial charge is 0.397 e. The second kappa shape index (κ2) is 28.7. The van der Waals surface area contributed by atoms with E-state index in [4.69, 9.17) is 57.7 Å². The lowest BCUT2D eigenvalue weighted by Crippen LogP contribution is -2.71. The average molecular weight is 1430 g/mol. The van der Waals surface area contributed by atoms with E-state index in [1.807, 2.05) is 0 Å². The number of hydrogen-bond acceptors (Lipinski definition) is 38. The lowest BCUT2D eigenvalue weighted by molar-refractivity contribution is -0.372. The van der Waals surface area contributed by atoms with Gasteiger partial charge >= 0.3 is 84.5 Å². The molecule has 0 bridgehead atoms. The zero-order valence-corrected chi connectivity index (χ0v) is 48.1. The van der Waals surface area contributed by atoms with Gasteiger partial charge in [-0.3, -0.25) is 31.9 Å². The molecule has 19 N–H and O–H groups in total. The van der Waals surface area contributed by atoms with Crippen LogP contribution in [0.4, 0.5) is 0 Å². The van der Waals surface area contributed by atoms with Crippen LogP contribution in [-0.4, -0.2) is 324 Å². The van der Waals surface area contributed by atoms with Crippen LogP contribution in [0.25, 0.3) is 0 Å². The highest BCUT2D eigenvalue weighted by Gasteiger charge is 2.61. The molecule has 0 amide bonds. The largest absolute Gasteiger partial charge is 0.479 e. The van der Waals surface area contributed by atoms with Gasteiger partial charge in [0.05, 0.1) is 25.9 Å². The van der Waals surface area contributed by atoms with Crippen molar-refractivity contribution in [1.29, 1.82) is 0 Å². The van der Waals surface area contributed by atoms with Gasteiger partial charge in [0, 0.05) is 7.11 Å².